The summed E-state index contributed by atoms with van der Waals surface area (Å²) in [6.45, 7) is 9.21. The summed E-state index contributed by atoms with van der Waals surface area (Å²) in [4.78, 5) is 4.82. The van der Waals surface area contributed by atoms with Crippen LogP contribution < -0.4 is 5.32 Å². The van der Waals surface area contributed by atoms with Crippen molar-refractivity contribution in [3.63, 3.8) is 0 Å². The Morgan fingerprint density at radius 1 is 1.44 bits per heavy atom. The Labute approximate surface area is 112 Å². The van der Waals surface area contributed by atoms with Crippen LogP contribution in [0.1, 0.15) is 26.7 Å². The van der Waals surface area contributed by atoms with E-state index in [0.717, 1.165) is 18.9 Å². The van der Waals surface area contributed by atoms with Gasteiger partial charge < -0.3 is 20.2 Å². The van der Waals surface area contributed by atoms with Gasteiger partial charge in [-0.2, -0.15) is 0 Å². The zero-order chi connectivity index (χ0) is 13.5. The van der Waals surface area contributed by atoms with Crippen LogP contribution in [-0.2, 0) is 0 Å². The Balaban J connectivity index is 2.17. The van der Waals surface area contributed by atoms with Crippen LogP contribution in [0.2, 0.25) is 0 Å². The summed E-state index contributed by atoms with van der Waals surface area (Å²) < 4.78 is 0. The first-order valence-corrected chi connectivity index (χ1v) is 7.25. The number of nitrogens with one attached hydrogen (secondary N) is 1. The van der Waals surface area contributed by atoms with Gasteiger partial charge in [0.2, 0.25) is 0 Å². The van der Waals surface area contributed by atoms with Crippen molar-refractivity contribution in [2.75, 3.05) is 46.9 Å². The van der Waals surface area contributed by atoms with Crippen LogP contribution in [0.25, 0.3) is 0 Å². The third-order valence-electron chi connectivity index (χ3n) is 3.71. The number of nitrogens with zero attached hydrogens (tertiary/aromatic N) is 2. The van der Waals surface area contributed by atoms with Crippen LogP contribution in [-0.4, -0.2) is 73.9 Å². The minimum atomic E-state index is 0.234. The Hall–Kier alpha value is -0.160. The molecule has 0 saturated carbocycles. The highest BCUT2D eigenvalue weighted by Gasteiger charge is 2.20. The van der Waals surface area contributed by atoms with Crippen LogP contribution in [0.4, 0.5) is 0 Å². The van der Waals surface area contributed by atoms with E-state index < -0.39 is 0 Å². The van der Waals surface area contributed by atoms with Crippen LogP contribution in [0.3, 0.4) is 0 Å². The van der Waals surface area contributed by atoms with Crippen molar-refractivity contribution in [3.05, 3.63) is 0 Å². The normalized spacial score (nSPS) is 23.2. The fourth-order valence-electron chi connectivity index (χ4n) is 2.78. The zero-order valence-corrected chi connectivity index (χ0v) is 12.5. The summed E-state index contributed by atoms with van der Waals surface area (Å²) in [7, 11) is 4.40. The van der Waals surface area contributed by atoms with Crippen molar-refractivity contribution >= 4 is 0 Å². The van der Waals surface area contributed by atoms with Gasteiger partial charge in [-0.1, -0.05) is 13.8 Å². The number of rotatable bonds is 8. The topological polar surface area (TPSA) is 38.7 Å². The summed E-state index contributed by atoms with van der Waals surface area (Å²) >= 11 is 0. The molecule has 4 nitrogen and oxygen atoms in total. The van der Waals surface area contributed by atoms with E-state index >= 15 is 0 Å². The second-order valence-electron chi connectivity index (χ2n) is 6.17. The monoisotopic (exact) mass is 257 g/mol. The molecule has 4 heteroatoms. The lowest BCUT2D eigenvalue weighted by Gasteiger charge is -2.24. The molecule has 0 aromatic carbocycles. The SMILES string of the molecule is CC(C)NC(CO)CCN(C)CC1CCN(C)C1. The van der Waals surface area contributed by atoms with E-state index in [-0.39, 0.29) is 12.6 Å². The second kappa shape index (κ2) is 8.10. The lowest BCUT2D eigenvalue weighted by Crippen LogP contribution is -2.40. The van der Waals surface area contributed by atoms with Crippen molar-refractivity contribution in [1.29, 1.82) is 0 Å². The lowest BCUT2D eigenvalue weighted by atomic mass is 10.1. The molecule has 18 heavy (non-hydrogen) atoms. The molecular weight excluding hydrogens is 226 g/mol. The fourth-order valence-corrected chi connectivity index (χ4v) is 2.78. The first kappa shape index (κ1) is 15.9. The van der Waals surface area contributed by atoms with Gasteiger partial charge in [0.15, 0.2) is 0 Å². The Morgan fingerprint density at radius 2 is 2.17 bits per heavy atom. The van der Waals surface area contributed by atoms with Gasteiger partial charge in [-0.3, -0.25) is 0 Å². The molecule has 0 bridgehead atoms. The van der Waals surface area contributed by atoms with Gasteiger partial charge >= 0.3 is 0 Å². The van der Waals surface area contributed by atoms with Crippen molar-refractivity contribution in [2.45, 2.75) is 38.8 Å². The van der Waals surface area contributed by atoms with Gasteiger partial charge in [-0.15, -0.1) is 0 Å². The van der Waals surface area contributed by atoms with Gasteiger partial charge in [-0.25, -0.2) is 0 Å². The molecular formula is C14H31N3O. The summed E-state index contributed by atoms with van der Waals surface area (Å²) in [5.41, 5.74) is 0. The molecule has 2 unspecified atom stereocenters. The first-order chi connectivity index (χ1) is 8.51. The van der Waals surface area contributed by atoms with E-state index in [1.165, 1.54) is 26.1 Å². The van der Waals surface area contributed by atoms with Gasteiger partial charge in [0, 0.05) is 25.2 Å². The van der Waals surface area contributed by atoms with E-state index in [1.54, 1.807) is 0 Å². The molecule has 0 spiro atoms. The largest absolute Gasteiger partial charge is 0.395 e. The quantitative estimate of drug-likeness (QED) is 0.669. The van der Waals surface area contributed by atoms with Crippen molar-refractivity contribution in [2.24, 2.45) is 5.92 Å². The minimum Gasteiger partial charge on any atom is -0.395 e. The van der Waals surface area contributed by atoms with Crippen LogP contribution in [0, 0.1) is 5.92 Å². The number of aliphatic hydroxyl groups excluding tert-OH is 1. The molecule has 1 aliphatic rings. The van der Waals surface area contributed by atoms with Crippen LogP contribution in [0.5, 0.6) is 0 Å². The number of aliphatic hydroxyl groups is 1. The molecule has 0 aromatic heterocycles. The smallest absolute Gasteiger partial charge is 0.0585 e. The number of hydrogen-bond acceptors (Lipinski definition) is 4. The third-order valence-corrected chi connectivity index (χ3v) is 3.71. The minimum absolute atomic E-state index is 0.234. The Morgan fingerprint density at radius 3 is 2.67 bits per heavy atom. The number of likely N-dealkylation sites (tertiary alicyclic amines) is 1. The fraction of sp³-hybridized carbons (Fsp3) is 1.00. The molecule has 0 aromatic rings. The van der Waals surface area contributed by atoms with Gasteiger partial charge in [0.05, 0.1) is 6.61 Å². The van der Waals surface area contributed by atoms with E-state index in [9.17, 15) is 5.11 Å². The molecule has 108 valence electrons. The summed E-state index contributed by atoms with van der Waals surface area (Å²) in [6.07, 6.45) is 2.35. The maximum absolute atomic E-state index is 9.32. The van der Waals surface area contributed by atoms with Gasteiger partial charge in [0.25, 0.3) is 0 Å². The zero-order valence-electron chi connectivity index (χ0n) is 12.5. The molecule has 0 aliphatic carbocycles. The maximum atomic E-state index is 9.32. The third kappa shape index (κ3) is 6.14. The Kier molecular flexibility index (Phi) is 7.15. The van der Waals surface area contributed by atoms with Crippen molar-refractivity contribution < 1.29 is 5.11 Å². The summed E-state index contributed by atoms with van der Waals surface area (Å²) in [5, 5.41) is 12.7. The van der Waals surface area contributed by atoms with E-state index in [4.69, 9.17) is 0 Å². The van der Waals surface area contributed by atoms with Gasteiger partial charge in [0.1, 0.15) is 0 Å². The highest BCUT2D eigenvalue weighted by atomic mass is 16.3. The number of hydrogen-bond donors (Lipinski definition) is 2. The molecule has 1 heterocycles. The predicted molar refractivity (Wildman–Crippen MR) is 76.9 cm³/mol. The Bertz CT molecular complexity index is 223. The van der Waals surface area contributed by atoms with E-state index in [0.29, 0.717) is 6.04 Å². The van der Waals surface area contributed by atoms with E-state index in [1.807, 2.05) is 0 Å². The average molecular weight is 257 g/mol. The molecule has 2 atom stereocenters. The highest BCUT2D eigenvalue weighted by molar-refractivity contribution is 4.76. The predicted octanol–water partition coefficient (Wildman–Crippen LogP) is 0.619. The molecule has 0 radical (unpaired) electrons. The molecule has 1 rings (SSSR count). The maximum Gasteiger partial charge on any atom is 0.0585 e. The van der Waals surface area contributed by atoms with Crippen molar-refractivity contribution in [3.8, 4) is 0 Å². The van der Waals surface area contributed by atoms with Crippen LogP contribution in [0.15, 0.2) is 0 Å². The second-order valence-corrected chi connectivity index (χ2v) is 6.17. The standard InChI is InChI=1S/C14H31N3O/c1-12(2)15-14(11-18)6-8-17(4)10-13-5-7-16(3)9-13/h12-15,18H,5-11H2,1-4H3. The first-order valence-electron chi connectivity index (χ1n) is 7.25. The highest BCUT2D eigenvalue weighted by Crippen LogP contribution is 2.15. The lowest BCUT2D eigenvalue weighted by molar-refractivity contribution is 0.203. The summed E-state index contributed by atoms with van der Waals surface area (Å²) in [6, 6.07) is 0.676. The molecule has 1 fully saturated rings. The van der Waals surface area contributed by atoms with Crippen LogP contribution >= 0.6 is 0 Å². The molecule has 1 aliphatic heterocycles. The van der Waals surface area contributed by atoms with E-state index in [2.05, 4.69) is 43.1 Å². The molecule has 1 saturated heterocycles. The molecule has 2 N–H and O–H groups in total. The average Bonchev–Trinajstić information content (AvgIpc) is 2.69. The van der Waals surface area contributed by atoms with Crippen molar-refractivity contribution in [1.82, 2.24) is 15.1 Å². The summed E-state index contributed by atoms with van der Waals surface area (Å²) in [5.74, 6) is 0.825. The van der Waals surface area contributed by atoms with Gasteiger partial charge in [-0.05, 0) is 45.9 Å². The molecule has 0 amide bonds.